The van der Waals surface area contributed by atoms with Crippen molar-refractivity contribution in [2.24, 2.45) is 7.05 Å². The van der Waals surface area contributed by atoms with E-state index < -0.39 is 5.97 Å². The second-order valence-corrected chi connectivity index (χ2v) is 6.92. The molecule has 9 heteroatoms. The second kappa shape index (κ2) is 5.83. The van der Waals surface area contributed by atoms with Crippen molar-refractivity contribution < 1.29 is 14.3 Å². The highest BCUT2D eigenvalue weighted by molar-refractivity contribution is 5.86. The SMILES string of the molecule is CC(c1ncc(C(C)(C)C)o1)n1cc(-c2cc(C(=O)O)nn2C)nn1. The van der Waals surface area contributed by atoms with Gasteiger partial charge in [-0.2, -0.15) is 5.10 Å². The number of aromatic carboxylic acids is 1. The molecule has 0 amide bonds. The molecule has 1 N–H and O–H groups in total. The second-order valence-electron chi connectivity index (χ2n) is 6.92. The maximum atomic E-state index is 11.0. The van der Waals surface area contributed by atoms with Gasteiger partial charge in [0.05, 0.1) is 18.1 Å². The van der Waals surface area contributed by atoms with Crippen LogP contribution in [0.5, 0.6) is 0 Å². The van der Waals surface area contributed by atoms with Crippen molar-refractivity contribution in [3.8, 4) is 11.4 Å². The molecule has 9 nitrogen and oxygen atoms in total. The fraction of sp³-hybridized carbons (Fsp3) is 0.438. The fourth-order valence-corrected chi connectivity index (χ4v) is 2.34. The van der Waals surface area contributed by atoms with Crippen LogP contribution in [0, 0.1) is 0 Å². The van der Waals surface area contributed by atoms with Gasteiger partial charge in [-0.1, -0.05) is 26.0 Å². The van der Waals surface area contributed by atoms with E-state index in [1.807, 2.05) is 6.92 Å². The van der Waals surface area contributed by atoms with Gasteiger partial charge in [0.25, 0.3) is 0 Å². The fourth-order valence-electron chi connectivity index (χ4n) is 2.34. The molecule has 3 aromatic rings. The number of nitrogens with zero attached hydrogens (tertiary/aromatic N) is 6. The minimum absolute atomic E-state index is 0.0392. The molecule has 0 saturated heterocycles. The molecule has 0 aliphatic heterocycles. The predicted molar refractivity (Wildman–Crippen MR) is 88.2 cm³/mol. The van der Waals surface area contributed by atoms with E-state index in [9.17, 15) is 4.79 Å². The predicted octanol–water partition coefficient (Wildman–Crippen LogP) is 2.27. The first kappa shape index (κ1) is 16.9. The number of hydrogen-bond acceptors (Lipinski definition) is 6. The Labute approximate surface area is 144 Å². The summed E-state index contributed by atoms with van der Waals surface area (Å²) in [5.74, 6) is 0.252. The summed E-state index contributed by atoms with van der Waals surface area (Å²) in [6.45, 7) is 8.07. The van der Waals surface area contributed by atoms with Crippen LogP contribution in [0.25, 0.3) is 11.4 Å². The molecule has 132 valence electrons. The molecule has 0 aromatic carbocycles. The summed E-state index contributed by atoms with van der Waals surface area (Å²) >= 11 is 0. The van der Waals surface area contributed by atoms with Gasteiger partial charge in [0.2, 0.25) is 5.89 Å². The summed E-state index contributed by atoms with van der Waals surface area (Å²) in [5, 5.41) is 21.2. The van der Waals surface area contributed by atoms with Crippen molar-refractivity contribution in [1.82, 2.24) is 29.8 Å². The lowest BCUT2D eigenvalue weighted by molar-refractivity contribution is 0.0689. The molecule has 0 radical (unpaired) electrons. The lowest BCUT2D eigenvalue weighted by atomic mass is 9.94. The Hall–Kier alpha value is -2.97. The van der Waals surface area contributed by atoms with Crippen molar-refractivity contribution in [2.75, 3.05) is 0 Å². The third kappa shape index (κ3) is 3.17. The number of carboxylic acids is 1. The van der Waals surface area contributed by atoms with Gasteiger partial charge in [-0.15, -0.1) is 5.10 Å². The number of hydrogen-bond donors (Lipinski definition) is 1. The van der Waals surface area contributed by atoms with Gasteiger partial charge >= 0.3 is 5.97 Å². The topological polar surface area (TPSA) is 112 Å². The van der Waals surface area contributed by atoms with Crippen LogP contribution in [-0.4, -0.2) is 40.8 Å². The zero-order valence-corrected chi connectivity index (χ0v) is 14.8. The first-order valence-electron chi connectivity index (χ1n) is 7.82. The molecule has 3 rings (SSSR count). The highest BCUT2D eigenvalue weighted by Crippen LogP contribution is 2.26. The van der Waals surface area contributed by atoms with Gasteiger partial charge in [0, 0.05) is 18.5 Å². The van der Waals surface area contributed by atoms with E-state index in [1.165, 1.54) is 10.7 Å². The maximum Gasteiger partial charge on any atom is 0.356 e. The van der Waals surface area contributed by atoms with Crippen molar-refractivity contribution >= 4 is 5.97 Å². The van der Waals surface area contributed by atoms with Crippen LogP contribution in [0.2, 0.25) is 0 Å². The molecule has 0 aliphatic rings. The largest absolute Gasteiger partial charge is 0.476 e. The minimum Gasteiger partial charge on any atom is -0.476 e. The number of carbonyl (C=O) groups is 1. The van der Waals surface area contributed by atoms with Crippen LogP contribution >= 0.6 is 0 Å². The average Bonchev–Trinajstić information content (AvgIpc) is 3.24. The number of aromatic nitrogens is 6. The van der Waals surface area contributed by atoms with Crippen LogP contribution in [-0.2, 0) is 12.5 Å². The maximum absolute atomic E-state index is 11.0. The molecule has 1 atom stereocenters. The van der Waals surface area contributed by atoms with Gasteiger partial charge in [0.1, 0.15) is 17.5 Å². The molecule has 3 heterocycles. The van der Waals surface area contributed by atoms with E-state index in [-0.39, 0.29) is 17.2 Å². The first-order valence-corrected chi connectivity index (χ1v) is 7.82. The van der Waals surface area contributed by atoms with Crippen LogP contribution in [0.3, 0.4) is 0 Å². The Morgan fingerprint density at radius 3 is 2.64 bits per heavy atom. The van der Waals surface area contributed by atoms with Crippen molar-refractivity contribution in [1.29, 1.82) is 0 Å². The monoisotopic (exact) mass is 344 g/mol. The van der Waals surface area contributed by atoms with Gasteiger partial charge in [-0.05, 0) is 6.92 Å². The molecular formula is C16H20N6O3. The van der Waals surface area contributed by atoms with Crippen LogP contribution in [0.1, 0.15) is 55.9 Å². The lowest BCUT2D eigenvalue weighted by Crippen LogP contribution is -2.10. The summed E-state index contributed by atoms with van der Waals surface area (Å²) in [6.07, 6.45) is 3.44. The smallest absolute Gasteiger partial charge is 0.356 e. The molecule has 0 fully saturated rings. The van der Waals surface area contributed by atoms with Gasteiger partial charge in [-0.3, -0.25) is 4.68 Å². The Morgan fingerprint density at radius 2 is 2.08 bits per heavy atom. The Bertz CT molecular complexity index is 915. The van der Waals surface area contributed by atoms with Crippen molar-refractivity contribution in [3.05, 3.63) is 35.8 Å². The molecule has 0 aliphatic carbocycles. The molecule has 0 bridgehead atoms. The summed E-state index contributed by atoms with van der Waals surface area (Å²) < 4.78 is 8.93. The van der Waals surface area contributed by atoms with Crippen molar-refractivity contribution in [3.63, 3.8) is 0 Å². The molecule has 25 heavy (non-hydrogen) atoms. The summed E-state index contributed by atoms with van der Waals surface area (Å²) in [4.78, 5) is 15.4. The Kier molecular flexibility index (Phi) is 3.94. The van der Waals surface area contributed by atoms with Gasteiger partial charge in [-0.25, -0.2) is 14.5 Å². The van der Waals surface area contributed by atoms with Gasteiger partial charge in [0.15, 0.2) is 5.69 Å². The number of oxazole rings is 1. The highest BCUT2D eigenvalue weighted by atomic mass is 16.4. The van der Waals surface area contributed by atoms with E-state index in [0.717, 1.165) is 5.76 Å². The van der Waals surface area contributed by atoms with Crippen molar-refractivity contribution in [2.45, 2.75) is 39.2 Å². The quantitative estimate of drug-likeness (QED) is 0.772. The van der Waals surface area contributed by atoms with Crippen LogP contribution in [0.15, 0.2) is 22.9 Å². The zero-order chi connectivity index (χ0) is 18.4. The minimum atomic E-state index is -1.09. The highest BCUT2D eigenvalue weighted by Gasteiger charge is 2.23. The standard InChI is InChI=1S/C16H20N6O3/c1-9(14-17-7-13(25-14)16(2,3)4)22-8-11(18-20-22)12-6-10(15(23)24)19-21(12)5/h6-9H,1-5H3,(H,23,24). The molecule has 0 saturated carbocycles. The average molecular weight is 344 g/mol. The Balaban J connectivity index is 1.88. The van der Waals surface area contributed by atoms with E-state index >= 15 is 0 Å². The van der Waals surface area contributed by atoms with E-state index in [1.54, 1.807) is 24.1 Å². The van der Waals surface area contributed by atoms with Crippen LogP contribution in [0.4, 0.5) is 0 Å². The molecule has 0 spiro atoms. The number of carboxylic acid groups (broad SMARTS) is 1. The van der Waals surface area contributed by atoms with E-state index in [2.05, 4.69) is 41.2 Å². The molecule has 1 unspecified atom stereocenters. The Morgan fingerprint density at radius 1 is 1.36 bits per heavy atom. The number of aryl methyl sites for hydroxylation is 1. The lowest BCUT2D eigenvalue weighted by Gasteiger charge is -2.13. The number of rotatable bonds is 4. The first-order chi connectivity index (χ1) is 11.7. The van der Waals surface area contributed by atoms with Gasteiger partial charge < -0.3 is 9.52 Å². The third-order valence-electron chi connectivity index (χ3n) is 3.89. The van der Waals surface area contributed by atoms with E-state index in [4.69, 9.17) is 9.52 Å². The summed E-state index contributed by atoms with van der Waals surface area (Å²) in [7, 11) is 1.66. The summed E-state index contributed by atoms with van der Waals surface area (Å²) in [5.41, 5.74) is 0.929. The van der Waals surface area contributed by atoms with E-state index in [0.29, 0.717) is 17.3 Å². The summed E-state index contributed by atoms with van der Waals surface area (Å²) in [6, 6.07) is 1.22. The normalized spacial score (nSPS) is 13.2. The third-order valence-corrected chi connectivity index (χ3v) is 3.89. The molecule has 3 aromatic heterocycles. The molecular weight excluding hydrogens is 324 g/mol. The zero-order valence-electron chi connectivity index (χ0n) is 14.8. The van der Waals surface area contributed by atoms with Crippen LogP contribution < -0.4 is 0 Å².